The molecule has 0 atom stereocenters. The van der Waals surface area contributed by atoms with E-state index in [1.807, 2.05) is 0 Å². The summed E-state index contributed by atoms with van der Waals surface area (Å²) in [5, 5.41) is 5.16. The van der Waals surface area contributed by atoms with E-state index in [0.29, 0.717) is 37.6 Å². The number of sulfone groups is 1. The number of ether oxygens (including phenoxy) is 1. The molecule has 8 nitrogen and oxygen atoms in total. The molecule has 0 spiro atoms. The highest BCUT2D eigenvalue weighted by molar-refractivity contribution is 7.90. The standard InChI is InChI=1S/C22H24F2N4O4S/c1-13(2)32-22(29)27-8-6-15(7-9-27)28-21-14(12-25-28)4-5-19(26-21)16-10-18(24)20(11-17(16)23)33(3,30)31/h4-5,10-13,15H,6-9H2,1-3H3. The summed E-state index contributed by atoms with van der Waals surface area (Å²) in [7, 11) is -3.91. The minimum Gasteiger partial charge on any atom is -0.447 e. The van der Waals surface area contributed by atoms with E-state index < -0.39 is 26.4 Å². The largest absolute Gasteiger partial charge is 0.447 e. The molecule has 3 heterocycles. The third kappa shape index (κ3) is 4.68. The number of amides is 1. The van der Waals surface area contributed by atoms with Gasteiger partial charge in [-0.25, -0.2) is 31.7 Å². The Morgan fingerprint density at radius 2 is 1.85 bits per heavy atom. The Kier molecular flexibility index (Phi) is 6.08. The molecule has 0 aliphatic carbocycles. The fourth-order valence-corrected chi connectivity index (χ4v) is 4.65. The van der Waals surface area contributed by atoms with Crippen LogP contribution in [0.25, 0.3) is 22.3 Å². The number of aromatic nitrogens is 3. The van der Waals surface area contributed by atoms with Gasteiger partial charge in [-0.3, -0.25) is 0 Å². The molecule has 1 fully saturated rings. The monoisotopic (exact) mass is 478 g/mol. The highest BCUT2D eigenvalue weighted by atomic mass is 32.2. The number of carbonyl (C=O) groups is 1. The van der Waals surface area contributed by atoms with Gasteiger partial charge in [0.25, 0.3) is 0 Å². The first-order valence-electron chi connectivity index (χ1n) is 10.5. The van der Waals surface area contributed by atoms with Crippen LogP contribution in [0.1, 0.15) is 32.7 Å². The van der Waals surface area contributed by atoms with Crippen molar-refractivity contribution in [1.29, 1.82) is 0 Å². The van der Waals surface area contributed by atoms with E-state index in [-0.39, 0.29) is 29.5 Å². The van der Waals surface area contributed by atoms with Gasteiger partial charge in [-0.05, 0) is 51.0 Å². The van der Waals surface area contributed by atoms with Crippen LogP contribution in [0.15, 0.2) is 35.4 Å². The number of carbonyl (C=O) groups excluding carboxylic acids is 1. The van der Waals surface area contributed by atoms with Crippen molar-refractivity contribution in [1.82, 2.24) is 19.7 Å². The number of benzene rings is 1. The number of hydrogen-bond acceptors (Lipinski definition) is 6. The first-order valence-corrected chi connectivity index (χ1v) is 12.4. The molecule has 1 saturated heterocycles. The van der Waals surface area contributed by atoms with Crippen LogP contribution in [0.3, 0.4) is 0 Å². The molecule has 2 aromatic heterocycles. The number of hydrogen-bond donors (Lipinski definition) is 0. The molecule has 1 amide bonds. The van der Waals surface area contributed by atoms with Crippen LogP contribution in [0, 0.1) is 11.6 Å². The number of fused-ring (bicyclic) bond motifs is 1. The average Bonchev–Trinajstić information content (AvgIpc) is 3.17. The Morgan fingerprint density at radius 3 is 2.48 bits per heavy atom. The second kappa shape index (κ2) is 8.69. The molecule has 0 N–H and O–H groups in total. The van der Waals surface area contributed by atoms with Gasteiger partial charge in [0.15, 0.2) is 15.5 Å². The maximum absolute atomic E-state index is 14.7. The van der Waals surface area contributed by atoms with Crippen molar-refractivity contribution in [3.05, 3.63) is 42.1 Å². The lowest BCUT2D eigenvalue weighted by molar-refractivity contribution is 0.0656. The zero-order chi connectivity index (χ0) is 23.9. The van der Waals surface area contributed by atoms with Crippen molar-refractivity contribution in [2.45, 2.75) is 43.7 Å². The van der Waals surface area contributed by atoms with E-state index >= 15 is 0 Å². The third-order valence-corrected chi connectivity index (χ3v) is 6.66. The molecular formula is C22H24F2N4O4S. The maximum atomic E-state index is 14.7. The molecule has 176 valence electrons. The molecule has 1 aliphatic rings. The van der Waals surface area contributed by atoms with Gasteiger partial charge < -0.3 is 9.64 Å². The lowest BCUT2D eigenvalue weighted by Crippen LogP contribution is -2.40. The molecule has 1 aliphatic heterocycles. The number of likely N-dealkylation sites (tertiary alicyclic amines) is 1. The van der Waals surface area contributed by atoms with Crippen molar-refractivity contribution in [3.63, 3.8) is 0 Å². The average molecular weight is 479 g/mol. The molecule has 0 bridgehead atoms. The van der Waals surface area contributed by atoms with Crippen LogP contribution in [0.4, 0.5) is 13.6 Å². The highest BCUT2D eigenvalue weighted by Gasteiger charge is 2.27. The predicted molar refractivity (Wildman–Crippen MR) is 117 cm³/mol. The summed E-state index contributed by atoms with van der Waals surface area (Å²) in [5.74, 6) is -1.92. The summed E-state index contributed by atoms with van der Waals surface area (Å²) in [6.45, 7) is 4.61. The molecule has 0 unspecified atom stereocenters. The van der Waals surface area contributed by atoms with E-state index in [1.54, 1.807) is 35.7 Å². The van der Waals surface area contributed by atoms with Gasteiger partial charge in [-0.1, -0.05) is 0 Å². The van der Waals surface area contributed by atoms with Crippen LogP contribution in [0.2, 0.25) is 0 Å². The summed E-state index contributed by atoms with van der Waals surface area (Å²) in [5.41, 5.74) is 0.530. The Labute approximate surface area is 190 Å². The summed E-state index contributed by atoms with van der Waals surface area (Å²) in [6.07, 6.45) is 3.22. The van der Waals surface area contributed by atoms with Gasteiger partial charge in [0, 0.05) is 30.3 Å². The summed E-state index contributed by atoms with van der Waals surface area (Å²) >= 11 is 0. The molecule has 1 aromatic carbocycles. The van der Waals surface area contributed by atoms with E-state index in [4.69, 9.17) is 4.74 Å². The lowest BCUT2D eigenvalue weighted by Gasteiger charge is -2.32. The van der Waals surface area contributed by atoms with Gasteiger partial charge in [-0.15, -0.1) is 0 Å². The Balaban J connectivity index is 1.62. The summed E-state index contributed by atoms with van der Waals surface area (Å²) in [4.78, 5) is 17.6. The minimum absolute atomic E-state index is 0.0254. The Bertz CT molecular complexity index is 1320. The number of halogens is 2. The van der Waals surface area contributed by atoms with Gasteiger partial charge >= 0.3 is 6.09 Å². The van der Waals surface area contributed by atoms with E-state index in [1.165, 1.54) is 6.07 Å². The maximum Gasteiger partial charge on any atom is 0.410 e. The lowest BCUT2D eigenvalue weighted by atomic mass is 10.1. The fraction of sp³-hybridized carbons (Fsp3) is 0.409. The molecule has 33 heavy (non-hydrogen) atoms. The minimum atomic E-state index is -3.91. The molecule has 3 aromatic rings. The third-order valence-electron chi connectivity index (χ3n) is 5.55. The van der Waals surface area contributed by atoms with Crippen molar-refractivity contribution in [2.75, 3.05) is 19.3 Å². The Morgan fingerprint density at radius 1 is 1.15 bits per heavy atom. The van der Waals surface area contributed by atoms with Crippen LogP contribution in [-0.2, 0) is 14.6 Å². The number of nitrogens with zero attached hydrogens (tertiary/aromatic N) is 4. The molecule has 11 heteroatoms. The topological polar surface area (TPSA) is 94.4 Å². The first kappa shape index (κ1) is 23.1. The second-order valence-electron chi connectivity index (χ2n) is 8.38. The van der Waals surface area contributed by atoms with Crippen molar-refractivity contribution < 1.29 is 26.7 Å². The quantitative estimate of drug-likeness (QED) is 0.563. The second-order valence-corrected chi connectivity index (χ2v) is 10.4. The molecule has 4 rings (SSSR count). The van der Waals surface area contributed by atoms with Gasteiger partial charge in [0.05, 0.1) is 24.0 Å². The molecule has 0 saturated carbocycles. The van der Waals surface area contributed by atoms with E-state index in [2.05, 4.69) is 10.1 Å². The highest BCUT2D eigenvalue weighted by Crippen LogP contribution is 2.30. The molecule has 0 radical (unpaired) electrons. The van der Waals surface area contributed by atoms with Crippen molar-refractivity contribution in [3.8, 4) is 11.3 Å². The van der Waals surface area contributed by atoms with Crippen LogP contribution in [-0.4, -0.2) is 59.6 Å². The first-order chi connectivity index (χ1) is 15.5. The van der Waals surface area contributed by atoms with Crippen LogP contribution >= 0.6 is 0 Å². The fourth-order valence-electron chi connectivity index (χ4n) is 3.92. The predicted octanol–water partition coefficient (Wildman–Crippen LogP) is 3.96. The normalized spacial score (nSPS) is 15.4. The zero-order valence-corrected chi connectivity index (χ0v) is 19.3. The summed E-state index contributed by atoms with van der Waals surface area (Å²) in [6, 6.07) is 4.74. The van der Waals surface area contributed by atoms with E-state index in [0.717, 1.165) is 17.7 Å². The van der Waals surface area contributed by atoms with Gasteiger partial charge in [0.2, 0.25) is 0 Å². The number of rotatable bonds is 4. The molecular weight excluding hydrogens is 454 g/mol. The van der Waals surface area contributed by atoms with Gasteiger partial charge in [-0.2, -0.15) is 5.10 Å². The SMILES string of the molecule is CC(C)OC(=O)N1CCC(n2ncc3ccc(-c4cc(F)c(S(C)(=O)=O)cc4F)nc32)CC1. The smallest absolute Gasteiger partial charge is 0.410 e. The van der Waals surface area contributed by atoms with Crippen LogP contribution in [0.5, 0.6) is 0 Å². The zero-order valence-electron chi connectivity index (χ0n) is 18.5. The summed E-state index contributed by atoms with van der Waals surface area (Å²) < 4.78 is 59.4. The Hall–Kier alpha value is -3.08. The number of pyridine rings is 1. The van der Waals surface area contributed by atoms with Crippen molar-refractivity contribution >= 4 is 27.0 Å². The van der Waals surface area contributed by atoms with Crippen LogP contribution < -0.4 is 0 Å². The van der Waals surface area contributed by atoms with Crippen molar-refractivity contribution in [2.24, 2.45) is 0 Å². The number of piperidine rings is 1. The van der Waals surface area contributed by atoms with Gasteiger partial charge in [0.1, 0.15) is 16.5 Å². The van der Waals surface area contributed by atoms with E-state index in [9.17, 15) is 22.0 Å².